The van der Waals surface area contributed by atoms with E-state index in [1.165, 1.54) is 24.6 Å². The Morgan fingerprint density at radius 1 is 1.23 bits per heavy atom. The monoisotopic (exact) mass is 401 g/mol. The Morgan fingerprint density at radius 2 is 1.96 bits per heavy atom. The van der Waals surface area contributed by atoms with Gasteiger partial charge in [0.2, 0.25) is 11.8 Å². The van der Waals surface area contributed by atoms with E-state index >= 15 is 0 Å². The first-order chi connectivity index (χ1) is 12.3. The highest BCUT2D eigenvalue weighted by Crippen LogP contribution is 2.28. The largest absolute Gasteiger partial charge is 0.416 e. The summed E-state index contributed by atoms with van der Waals surface area (Å²) in [6.07, 6.45) is 5.64. The lowest BCUT2D eigenvalue weighted by molar-refractivity contribution is -0.129. The Labute approximate surface area is 159 Å². The SMILES string of the molecule is CC1CCC(N(C)C(=O)CSc2nnc(CC3CCS(=O)(=O)C3)o2)CC1. The molecular weight excluding hydrogens is 374 g/mol. The molecular formula is C17H27N3O4S2. The molecule has 146 valence electrons. The standard InChI is InChI=1S/C17H27N3O4S2/c1-12-3-5-14(6-4-12)20(2)16(21)10-25-17-19-18-15(24-17)9-13-7-8-26(22,23)11-13/h12-14H,3-11H2,1-2H3. The van der Waals surface area contributed by atoms with E-state index in [1.54, 1.807) is 0 Å². The molecule has 26 heavy (non-hydrogen) atoms. The fraction of sp³-hybridized carbons (Fsp3) is 0.824. The van der Waals surface area contributed by atoms with Crippen molar-refractivity contribution in [3.8, 4) is 0 Å². The zero-order chi connectivity index (χ0) is 18.7. The molecule has 2 aliphatic rings. The van der Waals surface area contributed by atoms with Gasteiger partial charge in [-0.1, -0.05) is 18.7 Å². The minimum Gasteiger partial charge on any atom is -0.416 e. The molecule has 0 N–H and O–H groups in total. The Balaban J connectivity index is 1.45. The lowest BCUT2D eigenvalue weighted by Gasteiger charge is -2.33. The number of carbonyl (C=O) groups excluding carboxylic acids is 1. The van der Waals surface area contributed by atoms with Crippen molar-refractivity contribution in [2.45, 2.75) is 56.7 Å². The average molecular weight is 402 g/mol. The summed E-state index contributed by atoms with van der Waals surface area (Å²) in [4.78, 5) is 14.3. The molecule has 1 aromatic rings. The van der Waals surface area contributed by atoms with Gasteiger partial charge < -0.3 is 9.32 Å². The highest BCUT2D eigenvalue weighted by Gasteiger charge is 2.29. The van der Waals surface area contributed by atoms with Crippen LogP contribution >= 0.6 is 11.8 Å². The van der Waals surface area contributed by atoms with E-state index in [-0.39, 0.29) is 29.1 Å². The highest BCUT2D eigenvalue weighted by molar-refractivity contribution is 7.99. The molecule has 0 spiro atoms. The number of carbonyl (C=O) groups is 1. The summed E-state index contributed by atoms with van der Waals surface area (Å²) in [6.45, 7) is 2.27. The predicted octanol–water partition coefficient (Wildman–Crippen LogP) is 2.18. The van der Waals surface area contributed by atoms with Crippen molar-refractivity contribution in [2.24, 2.45) is 11.8 Å². The van der Waals surface area contributed by atoms with Crippen LogP contribution in [0.5, 0.6) is 0 Å². The third kappa shape index (κ3) is 5.22. The van der Waals surface area contributed by atoms with E-state index < -0.39 is 9.84 Å². The van der Waals surface area contributed by atoms with Crippen molar-refractivity contribution in [1.82, 2.24) is 15.1 Å². The molecule has 2 fully saturated rings. The van der Waals surface area contributed by atoms with Gasteiger partial charge in [-0.25, -0.2) is 8.42 Å². The minimum atomic E-state index is -2.90. The number of hydrogen-bond donors (Lipinski definition) is 0. The summed E-state index contributed by atoms with van der Waals surface area (Å²) in [5.74, 6) is 2.07. The van der Waals surface area contributed by atoms with E-state index in [0.29, 0.717) is 30.0 Å². The Morgan fingerprint density at radius 3 is 2.62 bits per heavy atom. The molecule has 1 saturated heterocycles. The zero-order valence-corrected chi connectivity index (χ0v) is 17.0. The number of hydrogen-bond acceptors (Lipinski definition) is 7. The van der Waals surface area contributed by atoms with Gasteiger partial charge in [0.1, 0.15) is 0 Å². The summed E-state index contributed by atoms with van der Waals surface area (Å²) in [7, 11) is -1.02. The maximum absolute atomic E-state index is 12.4. The van der Waals surface area contributed by atoms with Crippen molar-refractivity contribution >= 4 is 27.5 Å². The molecule has 0 aromatic carbocycles. The molecule has 2 heterocycles. The second-order valence-electron chi connectivity index (χ2n) is 7.64. The summed E-state index contributed by atoms with van der Waals surface area (Å²) >= 11 is 1.25. The van der Waals surface area contributed by atoms with Gasteiger partial charge in [-0.2, -0.15) is 0 Å². The van der Waals surface area contributed by atoms with Crippen LogP contribution in [0.2, 0.25) is 0 Å². The van der Waals surface area contributed by atoms with Gasteiger partial charge in [-0.15, -0.1) is 10.2 Å². The number of sulfone groups is 1. The molecule has 0 bridgehead atoms. The summed E-state index contributed by atoms with van der Waals surface area (Å²) in [6, 6.07) is 0.335. The maximum atomic E-state index is 12.4. The smallest absolute Gasteiger partial charge is 0.277 e. The molecule has 9 heteroatoms. The van der Waals surface area contributed by atoms with Gasteiger partial charge >= 0.3 is 0 Å². The number of rotatable bonds is 6. The van der Waals surface area contributed by atoms with Gasteiger partial charge in [-0.05, 0) is 43.9 Å². The fourth-order valence-electron chi connectivity index (χ4n) is 3.72. The molecule has 1 amide bonds. The van der Waals surface area contributed by atoms with Crippen molar-refractivity contribution in [2.75, 3.05) is 24.3 Å². The van der Waals surface area contributed by atoms with Crippen LogP contribution in [0.1, 0.15) is 44.9 Å². The van der Waals surface area contributed by atoms with Crippen molar-refractivity contribution in [3.05, 3.63) is 5.89 Å². The first-order valence-corrected chi connectivity index (χ1v) is 12.0. The molecule has 1 aromatic heterocycles. The van der Waals surface area contributed by atoms with Crippen molar-refractivity contribution < 1.29 is 17.6 Å². The summed E-state index contributed by atoms with van der Waals surface area (Å²) in [5, 5.41) is 8.34. The molecule has 1 unspecified atom stereocenters. The Kier molecular flexibility index (Phi) is 6.27. The second kappa shape index (κ2) is 8.29. The predicted molar refractivity (Wildman–Crippen MR) is 99.7 cm³/mol. The first-order valence-electron chi connectivity index (χ1n) is 9.23. The van der Waals surface area contributed by atoms with Crippen LogP contribution in [0, 0.1) is 11.8 Å². The normalized spacial score (nSPS) is 28.2. The number of amides is 1. The molecule has 3 rings (SSSR count). The summed E-state index contributed by atoms with van der Waals surface area (Å²) in [5.41, 5.74) is 0. The van der Waals surface area contributed by atoms with Gasteiger partial charge in [-0.3, -0.25) is 4.79 Å². The first kappa shape index (κ1) is 19.7. The minimum absolute atomic E-state index is 0.0553. The van der Waals surface area contributed by atoms with Crippen LogP contribution < -0.4 is 0 Å². The maximum Gasteiger partial charge on any atom is 0.277 e. The van der Waals surface area contributed by atoms with Gasteiger partial charge in [0, 0.05) is 19.5 Å². The van der Waals surface area contributed by atoms with Crippen LogP contribution in [0.15, 0.2) is 9.64 Å². The highest BCUT2D eigenvalue weighted by atomic mass is 32.2. The van der Waals surface area contributed by atoms with Gasteiger partial charge in [0.25, 0.3) is 5.22 Å². The zero-order valence-electron chi connectivity index (χ0n) is 15.4. The number of nitrogens with zero attached hydrogens (tertiary/aromatic N) is 3. The van der Waals surface area contributed by atoms with E-state index in [4.69, 9.17) is 4.42 Å². The fourth-order valence-corrected chi connectivity index (χ4v) is 6.28. The van der Waals surface area contributed by atoms with E-state index in [1.807, 2.05) is 11.9 Å². The van der Waals surface area contributed by atoms with Crippen LogP contribution in [-0.4, -0.2) is 59.8 Å². The average Bonchev–Trinajstić information content (AvgIpc) is 3.18. The van der Waals surface area contributed by atoms with E-state index in [2.05, 4.69) is 17.1 Å². The molecule has 0 radical (unpaired) electrons. The lowest BCUT2D eigenvalue weighted by Crippen LogP contribution is -2.40. The Hall–Kier alpha value is -1.09. The number of thioether (sulfide) groups is 1. The molecule has 1 atom stereocenters. The molecule has 1 aliphatic carbocycles. The lowest BCUT2D eigenvalue weighted by atomic mass is 9.87. The molecule has 1 saturated carbocycles. The molecule has 7 nitrogen and oxygen atoms in total. The van der Waals surface area contributed by atoms with Crippen molar-refractivity contribution in [1.29, 1.82) is 0 Å². The summed E-state index contributed by atoms with van der Waals surface area (Å²) < 4.78 is 28.6. The third-order valence-corrected chi connectivity index (χ3v) is 8.12. The van der Waals surface area contributed by atoms with Gasteiger partial charge in [0.05, 0.1) is 17.3 Å². The van der Waals surface area contributed by atoms with E-state index in [9.17, 15) is 13.2 Å². The van der Waals surface area contributed by atoms with Gasteiger partial charge in [0.15, 0.2) is 9.84 Å². The van der Waals surface area contributed by atoms with Crippen LogP contribution in [0.3, 0.4) is 0 Å². The Bertz CT molecular complexity index is 726. The topological polar surface area (TPSA) is 93.4 Å². The third-order valence-electron chi connectivity index (χ3n) is 5.48. The molecule has 1 aliphatic heterocycles. The van der Waals surface area contributed by atoms with Crippen LogP contribution in [0.4, 0.5) is 0 Å². The number of aromatic nitrogens is 2. The quantitative estimate of drug-likeness (QED) is 0.674. The van der Waals surface area contributed by atoms with Crippen LogP contribution in [-0.2, 0) is 21.1 Å². The van der Waals surface area contributed by atoms with Crippen molar-refractivity contribution in [3.63, 3.8) is 0 Å². The van der Waals surface area contributed by atoms with Crippen LogP contribution in [0.25, 0.3) is 0 Å². The van der Waals surface area contributed by atoms with E-state index in [0.717, 1.165) is 18.8 Å². The second-order valence-corrected chi connectivity index (χ2v) is 10.8.